The molecule has 0 saturated heterocycles. The number of hydrogen-bond acceptors (Lipinski definition) is 2. The van der Waals surface area contributed by atoms with Crippen molar-refractivity contribution in [2.24, 2.45) is 0 Å². The first-order valence-corrected chi connectivity index (χ1v) is 2.80. The molecule has 0 N–H and O–H groups in total. The van der Waals surface area contributed by atoms with Crippen LogP contribution >= 0.6 is 0 Å². The van der Waals surface area contributed by atoms with E-state index in [0.29, 0.717) is 0 Å². The van der Waals surface area contributed by atoms with Crippen LogP contribution < -0.4 is 0 Å². The zero-order valence-electron chi connectivity index (χ0n) is 5.68. The lowest BCUT2D eigenvalue weighted by atomic mass is 10.5. The summed E-state index contributed by atoms with van der Waals surface area (Å²) in [5, 5.41) is 0. The van der Waals surface area contributed by atoms with Crippen LogP contribution in [0.5, 0.6) is 0 Å². The van der Waals surface area contributed by atoms with Gasteiger partial charge >= 0.3 is 0 Å². The topological polar surface area (TPSA) is 6.48 Å². The largest absolute Gasteiger partial charge is 0.361 e. The highest BCUT2D eigenvalue weighted by Gasteiger charge is 2.07. The van der Waals surface area contributed by atoms with Gasteiger partial charge in [0.1, 0.15) is 0 Å². The summed E-state index contributed by atoms with van der Waals surface area (Å²) in [4.78, 5) is 4.37. The molecule has 1 rings (SSSR count). The summed E-state index contributed by atoms with van der Waals surface area (Å²) in [6.45, 7) is 3.15. The summed E-state index contributed by atoms with van der Waals surface area (Å²) in [7, 11) is 4.17. The Bertz CT molecular complexity index is 118. The molecule has 0 aromatic rings. The molecule has 0 fully saturated rings. The molecule has 0 bridgehead atoms. The monoisotopic (exact) mass is 112 g/mol. The van der Waals surface area contributed by atoms with Crippen molar-refractivity contribution < 1.29 is 0 Å². The fourth-order valence-corrected chi connectivity index (χ4v) is 0.904. The Labute approximate surface area is 50.4 Å². The second kappa shape index (κ2) is 1.69. The van der Waals surface area contributed by atoms with Gasteiger partial charge in [-0.1, -0.05) is 0 Å². The molecule has 0 aromatic heterocycles. The molecule has 0 saturated carbocycles. The molecule has 0 atom stereocenters. The highest BCUT2D eigenvalue weighted by molar-refractivity contribution is 5.00. The van der Waals surface area contributed by atoms with E-state index in [0.717, 1.165) is 6.67 Å². The molecule has 0 radical (unpaired) electrons. The second-order valence-corrected chi connectivity index (χ2v) is 2.37. The Morgan fingerprint density at radius 1 is 1.50 bits per heavy atom. The van der Waals surface area contributed by atoms with Gasteiger partial charge in [-0.2, -0.15) is 0 Å². The maximum Gasteiger partial charge on any atom is 0.0890 e. The third kappa shape index (κ3) is 0.782. The van der Waals surface area contributed by atoms with Crippen LogP contribution in [-0.4, -0.2) is 30.6 Å². The Kier molecular flexibility index (Phi) is 1.16. The summed E-state index contributed by atoms with van der Waals surface area (Å²) in [6, 6.07) is 0. The molecule has 1 aliphatic rings. The Hall–Kier alpha value is -0.660. The molecule has 2 nitrogen and oxygen atoms in total. The summed E-state index contributed by atoms with van der Waals surface area (Å²) < 4.78 is 0. The zero-order chi connectivity index (χ0) is 6.15. The van der Waals surface area contributed by atoms with Crippen molar-refractivity contribution >= 4 is 0 Å². The fourth-order valence-electron chi connectivity index (χ4n) is 0.904. The van der Waals surface area contributed by atoms with Crippen LogP contribution in [0.15, 0.2) is 11.9 Å². The van der Waals surface area contributed by atoms with Gasteiger partial charge in [0.05, 0.1) is 6.67 Å². The minimum Gasteiger partial charge on any atom is -0.361 e. The van der Waals surface area contributed by atoms with Crippen molar-refractivity contribution in [1.82, 2.24) is 9.80 Å². The van der Waals surface area contributed by atoms with Crippen LogP contribution in [0.4, 0.5) is 0 Å². The molecule has 8 heavy (non-hydrogen) atoms. The third-order valence-corrected chi connectivity index (χ3v) is 1.44. The third-order valence-electron chi connectivity index (χ3n) is 1.44. The van der Waals surface area contributed by atoms with Crippen LogP contribution in [0, 0.1) is 0 Å². The normalized spacial score (nSPS) is 19.6. The second-order valence-electron chi connectivity index (χ2n) is 2.37. The van der Waals surface area contributed by atoms with E-state index in [1.807, 2.05) is 0 Å². The highest BCUT2D eigenvalue weighted by atomic mass is 15.3. The van der Waals surface area contributed by atoms with Crippen molar-refractivity contribution in [3.63, 3.8) is 0 Å². The summed E-state index contributed by atoms with van der Waals surface area (Å²) in [5.41, 5.74) is 1.34. The van der Waals surface area contributed by atoms with Gasteiger partial charge in [-0.3, -0.25) is 0 Å². The molecule has 0 aromatic carbocycles. The quantitative estimate of drug-likeness (QED) is 0.454. The molecule has 0 amide bonds. The lowest BCUT2D eigenvalue weighted by molar-refractivity contribution is 0.328. The van der Waals surface area contributed by atoms with E-state index in [9.17, 15) is 0 Å². The molecular weight excluding hydrogens is 100 g/mol. The molecular formula is C6H12N2. The smallest absolute Gasteiger partial charge is 0.0890 e. The summed E-state index contributed by atoms with van der Waals surface area (Å²) >= 11 is 0. The van der Waals surface area contributed by atoms with Crippen molar-refractivity contribution in [3.05, 3.63) is 11.9 Å². The van der Waals surface area contributed by atoms with Crippen LogP contribution in [0.25, 0.3) is 0 Å². The molecule has 0 unspecified atom stereocenters. The summed E-state index contributed by atoms with van der Waals surface area (Å²) in [5.74, 6) is 0. The van der Waals surface area contributed by atoms with E-state index in [-0.39, 0.29) is 0 Å². The van der Waals surface area contributed by atoms with Gasteiger partial charge in [0, 0.05) is 26.0 Å². The van der Waals surface area contributed by atoms with Gasteiger partial charge in [0.15, 0.2) is 0 Å². The minimum atomic E-state index is 1.03. The molecule has 0 aliphatic carbocycles. The maximum absolute atomic E-state index is 2.21. The van der Waals surface area contributed by atoms with Crippen molar-refractivity contribution in [2.75, 3.05) is 20.8 Å². The lowest BCUT2D eigenvalue weighted by Crippen LogP contribution is -2.19. The molecule has 2 heteroatoms. The SMILES string of the molecule is CC1=CN(C)CN1C. The minimum absolute atomic E-state index is 1.03. The van der Waals surface area contributed by atoms with Gasteiger partial charge < -0.3 is 9.80 Å². The molecule has 1 aliphatic heterocycles. The van der Waals surface area contributed by atoms with Gasteiger partial charge in [-0.05, 0) is 6.92 Å². The first kappa shape index (κ1) is 5.48. The van der Waals surface area contributed by atoms with E-state index in [2.05, 4.69) is 37.0 Å². The van der Waals surface area contributed by atoms with Crippen molar-refractivity contribution in [2.45, 2.75) is 6.92 Å². The Morgan fingerprint density at radius 3 is 2.25 bits per heavy atom. The first-order chi connectivity index (χ1) is 3.70. The van der Waals surface area contributed by atoms with Gasteiger partial charge in [-0.15, -0.1) is 0 Å². The Balaban J connectivity index is 2.59. The molecule has 46 valence electrons. The predicted molar refractivity (Wildman–Crippen MR) is 34.1 cm³/mol. The number of allylic oxidation sites excluding steroid dienone is 1. The van der Waals surface area contributed by atoms with Gasteiger partial charge in [0.25, 0.3) is 0 Å². The van der Waals surface area contributed by atoms with Crippen molar-refractivity contribution in [3.8, 4) is 0 Å². The van der Waals surface area contributed by atoms with E-state index in [1.165, 1.54) is 5.70 Å². The van der Waals surface area contributed by atoms with Crippen molar-refractivity contribution in [1.29, 1.82) is 0 Å². The van der Waals surface area contributed by atoms with E-state index >= 15 is 0 Å². The lowest BCUT2D eigenvalue weighted by Gasteiger charge is -2.13. The average molecular weight is 112 g/mol. The Morgan fingerprint density at radius 2 is 2.12 bits per heavy atom. The summed E-state index contributed by atoms with van der Waals surface area (Å²) in [6.07, 6.45) is 2.14. The first-order valence-electron chi connectivity index (χ1n) is 2.80. The fraction of sp³-hybridized carbons (Fsp3) is 0.667. The van der Waals surface area contributed by atoms with Crippen LogP contribution in [0.3, 0.4) is 0 Å². The number of rotatable bonds is 0. The maximum atomic E-state index is 2.21. The van der Waals surface area contributed by atoms with E-state index < -0.39 is 0 Å². The van der Waals surface area contributed by atoms with Crippen LogP contribution in [0.1, 0.15) is 6.92 Å². The van der Waals surface area contributed by atoms with Gasteiger partial charge in [0.2, 0.25) is 0 Å². The van der Waals surface area contributed by atoms with Crippen LogP contribution in [-0.2, 0) is 0 Å². The average Bonchev–Trinajstić information content (AvgIpc) is 1.85. The number of nitrogens with zero attached hydrogens (tertiary/aromatic N) is 2. The standard InChI is InChI=1S/C6H12N2/c1-6-4-7(2)5-8(6)3/h4H,5H2,1-3H3. The van der Waals surface area contributed by atoms with E-state index in [4.69, 9.17) is 0 Å². The van der Waals surface area contributed by atoms with Crippen LogP contribution in [0.2, 0.25) is 0 Å². The predicted octanol–water partition coefficient (Wildman–Crippen LogP) is 0.682. The van der Waals surface area contributed by atoms with Gasteiger partial charge in [-0.25, -0.2) is 0 Å². The highest BCUT2D eigenvalue weighted by Crippen LogP contribution is 2.08. The van der Waals surface area contributed by atoms with E-state index in [1.54, 1.807) is 0 Å². The molecule has 1 heterocycles. The molecule has 0 spiro atoms. The number of hydrogen-bond donors (Lipinski definition) is 0. The zero-order valence-corrected chi connectivity index (χ0v) is 5.68.